The van der Waals surface area contributed by atoms with Gasteiger partial charge in [-0.25, -0.2) is 0 Å². The molecule has 2 rings (SSSR count). The molecule has 0 amide bonds. The van der Waals surface area contributed by atoms with Gasteiger partial charge in [0, 0.05) is 18.8 Å². The van der Waals surface area contributed by atoms with Gasteiger partial charge in [-0.05, 0) is 25.5 Å². The maximum absolute atomic E-state index is 4.27. The highest BCUT2D eigenvalue weighted by atomic mass is 15.2. The Balaban J connectivity index is 2.30. The van der Waals surface area contributed by atoms with Crippen molar-refractivity contribution in [1.82, 2.24) is 15.1 Å². The van der Waals surface area contributed by atoms with E-state index in [4.69, 9.17) is 0 Å². The average Bonchev–Trinajstić information content (AvgIpc) is 2.76. The third-order valence-corrected chi connectivity index (χ3v) is 3.03. The number of aromatic nitrogens is 2. The van der Waals surface area contributed by atoms with Gasteiger partial charge in [0.15, 0.2) is 0 Å². The van der Waals surface area contributed by atoms with Crippen LogP contribution in [-0.4, -0.2) is 16.3 Å². The van der Waals surface area contributed by atoms with Crippen LogP contribution in [0.15, 0.2) is 36.7 Å². The van der Waals surface area contributed by atoms with Gasteiger partial charge in [0.1, 0.15) is 0 Å². The first-order chi connectivity index (χ1) is 8.70. The van der Waals surface area contributed by atoms with Gasteiger partial charge < -0.3 is 5.32 Å². The highest BCUT2D eigenvalue weighted by molar-refractivity contribution is 5.32. The van der Waals surface area contributed by atoms with Crippen molar-refractivity contribution in [2.24, 2.45) is 7.05 Å². The lowest BCUT2D eigenvalue weighted by Crippen LogP contribution is -2.22. The minimum absolute atomic E-state index is 0.235. The maximum Gasteiger partial charge on any atom is 0.0608 e. The summed E-state index contributed by atoms with van der Waals surface area (Å²) < 4.78 is 1.85. The van der Waals surface area contributed by atoms with Gasteiger partial charge in [-0.3, -0.25) is 4.68 Å². The summed E-state index contributed by atoms with van der Waals surface area (Å²) in [6.45, 7) is 5.32. The molecule has 3 heteroatoms. The molecule has 0 aliphatic rings. The van der Waals surface area contributed by atoms with Crippen molar-refractivity contribution in [3.8, 4) is 0 Å². The Labute approximate surface area is 109 Å². The summed E-state index contributed by atoms with van der Waals surface area (Å²) in [5, 5.41) is 7.86. The zero-order valence-electron chi connectivity index (χ0n) is 11.4. The lowest BCUT2D eigenvalue weighted by molar-refractivity contribution is 0.597. The minimum atomic E-state index is 0.235. The first-order valence-corrected chi connectivity index (χ1v) is 6.49. The van der Waals surface area contributed by atoms with Gasteiger partial charge >= 0.3 is 0 Å². The van der Waals surface area contributed by atoms with E-state index in [-0.39, 0.29) is 6.04 Å². The third kappa shape index (κ3) is 2.99. The van der Waals surface area contributed by atoms with E-state index >= 15 is 0 Å². The second-order valence-corrected chi connectivity index (χ2v) is 4.75. The molecule has 1 atom stereocenters. The van der Waals surface area contributed by atoms with Crippen LogP contribution >= 0.6 is 0 Å². The highest BCUT2D eigenvalue weighted by Crippen LogP contribution is 2.22. The summed E-state index contributed by atoms with van der Waals surface area (Å²) in [6.07, 6.45) is 5.15. The van der Waals surface area contributed by atoms with Crippen LogP contribution in [0, 0.1) is 6.92 Å². The van der Waals surface area contributed by atoms with Crippen molar-refractivity contribution in [2.75, 3.05) is 6.54 Å². The zero-order chi connectivity index (χ0) is 13.0. The van der Waals surface area contributed by atoms with Gasteiger partial charge in [0.25, 0.3) is 0 Å². The Morgan fingerprint density at radius 2 is 2.17 bits per heavy atom. The molecular formula is C15H21N3. The van der Waals surface area contributed by atoms with E-state index < -0.39 is 0 Å². The number of aryl methyl sites for hydroxylation is 2. The summed E-state index contributed by atoms with van der Waals surface area (Å²) in [7, 11) is 1.95. The van der Waals surface area contributed by atoms with Gasteiger partial charge in [-0.15, -0.1) is 0 Å². The van der Waals surface area contributed by atoms with Gasteiger partial charge in [0.2, 0.25) is 0 Å². The van der Waals surface area contributed by atoms with Crippen molar-refractivity contribution in [3.05, 3.63) is 53.3 Å². The molecule has 0 spiro atoms. The zero-order valence-corrected chi connectivity index (χ0v) is 11.4. The van der Waals surface area contributed by atoms with Crippen LogP contribution in [0.3, 0.4) is 0 Å². The van der Waals surface area contributed by atoms with Crippen LogP contribution in [0.2, 0.25) is 0 Å². The largest absolute Gasteiger partial charge is 0.306 e. The fourth-order valence-electron chi connectivity index (χ4n) is 2.16. The third-order valence-electron chi connectivity index (χ3n) is 3.03. The van der Waals surface area contributed by atoms with Crippen molar-refractivity contribution in [2.45, 2.75) is 26.3 Å². The lowest BCUT2D eigenvalue weighted by atomic mass is 10.00. The van der Waals surface area contributed by atoms with Crippen LogP contribution in [0.5, 0.6) is 0 Å². The van der Waals surface area contributed by atoms with Crippen molar-refractivity contribution in [1.29, 1.82) is 0 Å². The number of nitrogens with zero attached hydrogens (tertiary/aromatic N) is 2. The second kappa shape index (κ2) is 5.83. The SMILES string of the molecule is CCCNC(c1cccc(C)c1)c1cnn(C)c1. The molecule has 3 nitrogen and oxygen atoms in total. The molecule has 1 heterocycles. The maximum atomic E-state index is 4.27. The van der Waals surface area contributed by atoms with E-state index in [9.17, 15) is 0 Å². The predicted molar refractivity (Wildman–Crippen MR) is 74.5 cm³/mol. The second-order valence-electron chi connectivity index (χ2n) is 4.75. The lowest BCUT2D eigenvalue weighted by Gasteiger charge is -2.18. The first-order valence-electron chi connectivity index (χ1n) is 6.49. The number of rotatable bonds is 5. The molecule has 0 aliphatic heterocycles. The molecule has 1 aromatic heterocycles. The van der Waals surface area contributed by atoms with Gasteiger partial charge in [-0.2, -0.15) is 5.10 Å². The van der Waals surface area contributed by atoms with E-state index in [2.05, 4.69) is 54.7 Å². The van der Waals surface area contributed by atoms with E-state index in [1.54, 1.807) is 0 Å². The monoisotopic (exact) mass is 243 g/mol. The molecule has 1 unspecified atom stereocenters. The van der Waals surface area contributed by atoms with Crippen LogP contribution < -0.4 is 5.32 Å². The fraction of sp³-hybridized carbons (Fsp3) is 0.400. The summed E-state index contributed by atoms with van der Waals surface area (Å²) >= 11 is 0. The molecule has 0 saturated carbocycles. The molecule has 0 aliphatic carbocycles. The number of hydrogen-bond donors (Lipinski definition) is 1. The number of hydrogen-bond acceptors (Lipinski definition) is 2. The molecule has 96 valence electrons. The first kappa shape index (κ1) is 12.8. The Morgan fingerprint density at radius 3 is 2.78 bits per heavy atom. The molecule has 1 N–H and O–H groups in total. The molecule has 0 fully saturated rings. The quantitative estimate of drug-likeness (QED) is 0.875. The van der Waals surface area contributed by atoms with Crippen molar-refractivity contribution < 1.29 is 0 Å². The predicted octanol–water partition coefficient (Wildman–Crippen LogP) is 2.82. The van der Waals surface area contributed by atoms with Crippen LogP contribution in [0.1, 0.15) is 36.1 Å². The average molecular weight is 243 g/mol. The van der Waals surface area contributed by atoms with Crippen molar-refractivity contribution >= 4 is 0 Å². The molecule has 0 saturated heterocycles. The summed E-state index contributed by atoms with van der Waals surface area (Å²) in [5.41, 5.74) is 3.81. The number of nitrogens with one attached hydrogen (secondary N) is 1. The van der Waals surface area contributed by atoms with Crippen LogP contribution in [0.4, 0.5) is 0 Å². The van der Waals surface area contributed by atoms with Gasteiger partial charge in [-0.1, -0.05) is 36.8 Å². The topological polar surface area (TPSA) is 29.9 Å². The number of benzene rings is 1. The van der Waals surface area contributed by atoms with Crippen molar-refractivity contribution in [3.63, 3.8) is 0 Å². The van der Waals surface area contributed by atoms with E-state index in [1.807, 2.05) is 17.9 Å². The standard InChI is InChI=1S/C15H21N3/c1-4-8-16-15(14-10-17-18(3)11-14)13-7-5-6-12(2)9-13/h5-7,9-11,15-16H,4,8H2,1-3H3. The Morgan fingerprint density at radius 1 is 1.33 bits per heavy atom. The minimum Gasteiger partial charge on any atom is -0.306 e. The van der Waals surface area contributed by atoms with Crippen LogP contribution in [-0.2, 0) is 7.05 Å². The van der Waals surface area contributed by atoms with E-state index in [0.717, 1.165) is 13.0 Å². The van der Waals surface area contributed by atoms with E-state index in [1.165, 1.54) is 16.7 Å². The normalized spacial score (nSPS) is 12.6. The smallest absolute Gasteiger partial charge is 0.0608 e. The van der Waals surface area contributed by atoms with E-state index in [0.29, 0.717) is 0 Å². The summed E-state index contributed by atoms with van der Waals surface area (Å²) in [6, 6.07) is 8.89. The Bertz CT molecular complexity index is 502. The van der Waals surface area contributed by atoms with Crippen LogP contribution in [0.25, 0.3) is 0 Å². The molecule has 1 aromatic carbocycles. The summed E-state index contributed by atoms with van der Waals surface area (Å²) in [4.78, 5) is 0. The Hall–Kier alpha value is -1.61. The Kier molecular flexibility index (Phi) is 4.15. The highest BCUT2D eigenvalue weighted by Gasteiger charge is 2.14. The van der Waals surface area contributed by atoms with Gasteiger partial charge in [0.05, 0.1) is 12.2 Å². The molecule has 18 heavy (non-hydrogen) atoms. The molecule has 2 aromatic rings. The molecule has 0 bridgehead atoms. The molecular weight excluding hydrogens is 222 g/mol. The summed E-state index contributed by atoms with van der Waals surface area (Å²) in [5.74, 6) is 0. The molecule has 0 radical (unpaired) electrons. The fourth-order valence-corrected chi connectivity index (χ4v) is 2.16.